The van der Waals surface area contributed by atoms with Crippen LogP contribution in [0.4, 0.5) is 0 Å². The number of rotatable bonds is 5. The van der Waals surface area contributed by atoms with Crippen molar-refractivity contribution in [2.24, 2.45) is 7.05 Å². The fourth-order valence-electron chi connectivity index (χ4n) is 3.45. The third-order valence-corrected chi connectivity index (χ3v) is 4.90. The SMILES string of the molecule is COc1cccc(Oc2cc(C)nc(C3CCN(C(=O)c4cnn(C)c4)C3)n2)c1. The smallest absolute Gasteiger partial charge is 0.257 e. The molecule has 1 aliphatic rings. The first-order valence-corrected chi connectivity index (χ1v) is 9.47. The average molecular weight is 393 g/mol. The van der Waals surface area contributed by atoms with Gasteiger partial charge in [-0.1, -0.05) is 6.07 Å². The Kier molecular flexibility index (Phi) is 5.16. The molecule has 8 heteroatoms. The molecule has 0 radical (unpaired) electrons. The minimum Gasteiger partial charge on any atom is -0.497 e. The third-order valence-electron chi connectivity index (χ3n) is 4.90. The summed E-state index contributed by atoms with van der Waals surface area (Å²) >= 11 is 0. The summed E-state index contributed by atoms with van der Waals surface area (Å²) < 4.78 is 12.8. The van der Waals surface area contributed by atoms with Crippen molar-refractivity contribution in [3.63, 3.8) is 0 Å². The molecule has 29 heavy (non-hydrogen) atoms. The molecule has 8 nitrogen and oxygen atoms in total. The second-order valence-corrected chi connectivity index (χ2v) is 7.13. The van der Waals surface area contributed by atoms with E-state index < -0.39 is 0 Å². The maximum absolute atomic E-state index is 12.7. The van der Waals surface area contributed by atoms with Crippen LogP contribution in [0.1, 0.15) is 34.2 Å². The van der Waals surface area contributed by atoms with Crippen LogP contribution in [0.15, 0.2) is 42.7 Å². The van der Waals surface area contributed by atoms with Crippen LogP contribution in [0, 0.1) is 6.92 Å². The number of ether oxygens (including phenoxy) is 2. The predicted molar refractivity (Wildman–Crippen MR) is 106 cm³/mol. The molecule has 3 heterocycles. The van der Waals surface area contributed by atoms with Crippen molar-refractivity contribution in [1.82, 2.24) is 24.6 Å². The van der Waals surface area contributed by atoms with E-state index in [0.717, 1.165) is 12.1 Å². The van der Waals surface area contributed by atoms with Gasteiger partial charge in [0.1, 0.15) is 17.3 Å². The fraction of sp³-hybridized carbons (Fsp3) is 0.333. The maximum Gasteiger partial charge on any atom is 0.257 e. The molecule has 0 saturated carbocycles. The van der Waals surface area contributed by atoms with Gasteiger partial charge in [0.05, 0.1) is 18.9 Å². The van der Waals surface area contributed by atoms with Gasteiger partial charge in [-0.05, 0) is 25.5 Å². The Labute approximate surface area is 169 Å². The van der Waals surface area contributed by atoms with E-state index in [9.17, 15) is 4.79 Å². The molecule has 1 aliphatic heterocycles. The summed E-state index contributed by atoms with van der Waals surface area (Å²) in [5, 5.41) is 4.08. The molecule has 4 rings (SSSR count). The van der Waals surface area contributed by atoms with E-state index in [-0.39, 0.29) is 11.8 Å². The van der Waals surface area contributed by atoms with Crippen molar-refractivity contribution in [3.05, 3.63) is 59.8 Å². The molecule has 1 amide bonds. The van der Waals surface area contributed by atoms with Crippen LogP contribution in [-0.2, 0) is 7.05 Å². The topological polar surface area (TPSA) is 82.4 Å². The van der Waals surface area contributed by atoms with E-state index >= 15 is 0 Å². The first-order chi connectivity index (χ1) is 14.0. The minimum atomic E-state index is -0.0129. The van der Waals surface area contributed by atoms with Gasteiger partial charge < -0.3 is 14.4 Å². The molecule has 150 valence electrons. The lowest BCUT2D eigenvalue weighted by Crippen LogP contribution is -2.28. The van der Waals surface area contributed by atoms with E-state index in [1.807, 2.05) is 30.0 Å². The average Bonchev–Trinajstić information content (AvgIpc) is 3.36. The molecule has 1 saturated heterocycles. The lowest BCUT2D eigenvalue weighted by atomic mass is 10.1. The minimum absolute atomic E-state index is 0.0129. The molecule has 0 N–H and O–H groups in total. The second-order valence-electron chi connectivity index (χ2n) is 7.13. The van der Waals surface area contributed by atoms with E-state index in [4.69, 9.17) is 9.47 Å². The van der Waals surface area contributed by atoms with Crippen LogP contribution < -0.4 is 9.47 Å². The van der Waals surface area contributed by atoms with Gasteiger partial charge in [0.2, 0.25) is 5.88 Å². The van der Waals surface area contributed by atoms with Gasteiger partial charge in [0, 0.05) is 50.1 Å². The number of carbonyl (C=O) groups excluding carboxylic acids is 1. The van der Waals surface area contributed by atoms with E-state index in [1.165, 1.54) is 0 Å². The zero-order chi connectivity index (χ0) is 20.4. The van der Waals surface area contributed by atoms with Crippen LogP contribution in [0.2, 0.25) is 0 Å². The molecule has 0 spiro atoms. The van der Waals surface area contributed by atoms with Crippen LogP contribution in [0.25, 0.3) is 0 Å². The molecule has 0 bridgehead atoms. The number of hydrogen-bond acceptors (Lipinski definition) is 6. The summed E-state index contributed by atoms with van der Waals surface area (Å²) in [5.74, 6) is 2.61. The number of aromatic nitrogens is 4. The normalized spacial score (nSPS) is 16.1. The summed E-state index contributed by atoms with van der Waals surface area (Å²) in [6, 6.07) is 9.18. The van der Waals surface area contributed by atoms with Gasteiger partial charge in [-0.15, -0.1) is 0 Å². The number of nitrogens with zero attached hydrogens (tertiary/aromatic N) is 5. The van der Waals surface area contributed by atoms with Crippen molar-refractivity contribution in [2.75, 3.05) is 20.2 Å². The molecular weight excluding hydrogens is 370 g/mol. The lowest BCUT2D eigenvalue weighted by Gasteiger charge is -2.15. The standard InChI is InChI=1S/C21H23N5O3/c1-14-9-19(29-18-6-4-5-17(10-18)28-3)24-20(23-14)15-7-8-26(13-15)21(27)16-11-22-25(2)12-16/h4-6,9-12,15H,7-8,13H2,1-3H3. The highest BCUT2D eigenvalue weighted by molar-refractivity contribution is 5.93. The first kappa shape index (κ1) is 18.9. The Hall–Kier alpha value is -3.42. The van der Waals surface area contributed by atoms with Gasteiger partial charge >= 0.3 is 0 Å². The Bertz CT molecular complexity index is 1030. The van der Waals surface area contributed by atoms with Gasteiger partial charge in [0.15, 0.2) is 0 Å². The van der Waals surface area contributed by atoms with Crippen molar-refractivity contribution < 1.29 is 14.3 Å². The molecule has 1 fully saturated rings. The molecule has 1 unspecified atom stereocenters. The van der Waals surface area contributed by atoms with Crippen molar-refractivity contribution >= 4 is 5.91 Å². The molecule has 1 atom stereocenters. The Balaban J connectivity index is 1.49. The van der Waals surface area contributed by atoms with Crippen molar-refractivity contribution in [2.45, 2.75) is 19.3 Å². The van der Waals surface area contributed by atoms with Crippen LogP contribution in [0.3, 0.4) is 0 Å². The fourth-order valence-corrected chi connectivity index (χ4v) is 3.45. The second kappa shape index (κ2) is 7.90. The summed E-state index contributed by atoms with van der Waals surface area (Å²) in [5.41, 5.74) is 1.42. The van der Waals surface area contributed by atoms with Crippen molar-refractivity contribution in [1.29, 1.82) is 0 Å². The van der Waals surface area contributed by atoms with Crippen LogP contribution in [0.5, 0.6) is 17.4 Å². The number of likely N-dealkylation sites (tertiary alicyclic amines) is 1. The van der Waals surface area contributed by atoms with Crippen LogP contribution in [-0.4, -0.2) is 50.8 Å². The lowest BCUT2D eigenvalue weighted by molar-refractivity contribution is 0.0790. The number of carbonyl (C=O) groups is 1. The molecule has 1 aromatic carbocycles. The number of methoxy groups -OCH3 is 1. The van der Waals surface area contributed by atoms with E-state index in [0.29, 0.717) is 41.9 Å². The highest BCUT2D eigenvalue weighted by Crippen LogP contribution is 2.29. The Morgan fingerprint density at radius 3 is 2.79 bits per heavy atom. The summed E-state index contributed by atoms with van der Waals surface area (Å²) in [6.45, 7) is 3.16. The van der Waals surface area contributed by atoms with Gasteiger partial charge in [-0.2, -0.15) is 10.1 Å². The number of amides is 1. The highest BCUT2D eigenvalue weighted by Gasteiger charge is 2.30. The molecule has 0 aliphatic carbocycles. The predicted octanol–water partition coefficient (Wildman–Crippen LogP) is 2.95. The maximum atomic E-state index is 12.7. The zero-order valence-electron chi connectivity index (χ0n) is 16.7. The zero-order valence-corrected chi connectivity index (χ0v) is 16.7. The number of aryl methyl sites for hydroxylation is 2. The van der Waals surface area contributed by atoms with Crippen molar-refractivity contribution in [3.8, 4) is 17.4 Å². The third kappa shape index (κ3) is 4.21. The monoisotopic (exact) mass is 393 g/mol. The van der Waals surface area contributed by atoms with Crippen LogP contribution >= 0.6 is 0 Å². The van der Waals surface area contributed by atoms with E-state index in [2.05, 4.69) is 15.1 Å². The largest absolute Gasteiger partial charge is 0.497 e. The van der Waals surface area contributed by atoms with Gasteiger partial charge in [-0.3, -0.25) is 9.48 Å². The molecule has 3 aromatic rings. The van der Waals surface area contributed by atoms with E-state index in [1.54, 1.807) is 43.4 Å². The highest BCUT2D eigenvalue weighted by atomic mass is 16.5. The Morgan fingerprint density at radius 1 is 1.21 bits per heavy atom. The summed E-state index contributed by atoms with van der Waals surface area (Å²) in [7, 11) is 3.42. The Morgan fingerprint density at radius 2 is 2.03 bits per heavy atom. The molecular formula is C21H23N5O3. The summed E-state index contributed by atoms with van der Waals surface area (Å²) in [4.78, 5) is 23.7. The first-order valence-electron chi connectivity index (χ1n) is 9.47. The number of benzene rings is 1. The van der Waals surface area contributed by atoms with Gasteiger partial charge in [0.25, 0.3) is 5.91 Å². The quantitative estimate of drug-likeness (QED) is 0.663. The summed E-state index contributed by atoms with van der Waals surface area (Å²) in [6.07, 6.45) is 4.14. The number of hydrogen-bond donors (Lipinski definition) is 0. The molecule has 2 aromatic heterocycles. The van der Waals surface area contributed by atoms with Gasteiger partial charge in [-0.25, -0.2) is 4.98 Å².